The quantitative estimate of drug-likeness (QED) is 0.186. The van der Waals surface area contributed by atoms with Crippen molar-refractivity contribution in [3.8, 4) is 0 Å². The Morgan fingerprint density at radius 1 is 0.639 bits per heavy atom. The highest BCUT2D eigenvalue weighted by Gasteiger charge is 2.58. The molecule has 0 unspecified atom stereocenters. The van der Waals surface area contributed by atoms with Gasteiger partial charge in [0, 0.05) is 32.3 Å². The first-order valence-corrected chi connectivity index (χ1v) is 33.0. The van der Waals surface area contributed by atoms with Crippen molar-refractivity contribution in [2.75, 3.05) is 0 Å². The molecule has 0 atom stereocenters. The molecule has 0 saturated heterocycles. The predicted octanol–water partition coefficient (Wildman–Crippen LogP) is 10.4. The first-order valence-electron chi connectivity index (χ1n) is 14.4. The van der Waals surface area contributed by atoms with Crippen LogP contribution >= 0.6 is 15.3 Å². The SMILES string of the molecule is CCC1=C(CC)[Si]1(Br)c1c(C([Si](C)(C)C)[Si](C)(C)C)cc(C(C)(C)C)cc1C([Si](C)(C)C)[Si](C)(C)C. The fourth-order valence-electron chi connectivity index (χ4n) is 8.01. The molecule has 36 heavy (non-hydrogen) atoms. The minimum Gasteiger partial charge on any atom is -0.108 e. The number of hydrogen-bond acceptors (Lipinski definition) is 0. The highest BCUT2D eigenvalue weighted by Crippen LogP contribution is 2.53. The van der Waals surface area contributed by atoms with Gasteiger partial charge in [0.05, 0.1) is 0 Å². The van der Waals surface area contributed by atoms with Gasteiger partial charge in [0.1, 0.15) is 0 Å². The van der Waals surface area contributed by atoms with E-state index in [4.69, 9.17) is 0 Å². The van der Waals surface area contributed by atoms with Crippen molar-refractivity contribution in [2.24, 2.45) is 0 Å². The molecule has 0 bridgehead atoms. The summed E-state index contributed by atoms with van der Waals surface area (Å²) in [7, 11) is -5.90. The second-order valence-corrected chi connectivity index (χ2v) is 45.9. The number of rotatable bonds is 9. The Hall–Kier alpha value is 0.524. The summed E-state index contributed by atoms with van der Waals surface area (Å²) in [5.74, 6) is 0. The normalized spacial score (nSPS) is 17.4. The van der Waals surface area contributed by atoms with Gasteiger partial charge in [-0.2, -0.15) is 0 Å². The van der Waals surface area contributed by atoms with Crippen molar-refractivity contribution in [1.82, 2.24) is 0 Å². The maximum Gasteiger partial charge on any atom is 0.213 e. The molecule has 2 rings (SSSR count). The van der Waals surface area contributed by atoms with Crippen molar-refractivity contribution in [3.63, 3.8) is 0 Å². The van der Waals surface area contributed by atoms with E-state index in [0.717, 1.165) is 10.3 Å². The zero-order valence-electron chi connectivity index (χ0n) is 27.1. The maximum absolute atomic E-state index is 4.66. The summed E-state index contributed by atoms with van der Waals surface area (Å²) in [6, 6.07) is 5.50. The van der Waals surface area contributed by atoms with Crippen molar-refractivity contribution < 1.29 is 0 Å². The molecule has 0 spiro atoms. The summed E-state index contributed by atoms with van der Waals surface area (Å²) in [6.45, 7) is 42.1. The number of benzene rings is 1. The van der Waals surface area contributed by atoms with Gasteiger partial charge in [-0.3, -0.25) is 0 Å². The molecule has 1 heterocycles. The Morgan fingerprint density at radius 2 is 0.917 bits per heavy atom. The zero-order valence-corrected chi connectivity index (χ0v) is 33.7. The highest BCUT2D eigenvalue weighted by atomic mass is 79.9. The van der Waals surface area contributed by atoms with Gasteiger partial charge in [-0.1, -0.05) is 136 Å². The van der Waals surface area contributed by atoms with Crippen LogP contribution in [0.15, 0.2) is 22.5 Å². The van der Waals surface area contributed by atoms with Crippen LogP contribution in [0.1, 0.15) is 74.5 Å². The van der Waals surface area contributed by atoms with Gasteiger partial charge in [-0.15, -0.1) is 15.3 Å². The average molecular weight is 640 g/mol. The molecule has 0 aromatic heterocycles. The Labute approximate surface area is 239 Å². The van der Waals surface area contributed by atoms with E-state index < -0.39 is 39.0 Å². The second-order valence-electron chi connectivity index (χ2n) is 16.9. The predicted molar refractivity (Wildman–Crippen MR) is 186 cm³/mol. The van der Waals surface area contributed by atoms with E-state index in [2.05, 4.69) is 141 Å². The highest BCUT2D eigenvalue weighted by molar-refractivity contribution is 9.27. The molecule has 1 aliphatic rings. The first-order chi connectivity index (χ1) is 15.8. The summed E-state index contributed by atoms with van der Waals surface area (Å²) in [4.78, 5) is 0. The van der Waals surface area contributed by atoms with Gasteiger partial charge in [0.25, 0.3) is 0 Å². The van der Waals surface area contributed by atoms with Gasteiger partial charge in [0.2, 0.25) is 6.69 Å². The van der Waals surface area contributed by atoms with Crippen molar-refractivity contribution in [2.45, 2.75) is 142 Å². The van der Waals surface area contributed by atoms with Crippen molar-refractivity contribution in [1.29, 1.82) is 0 Å². The Morgan fingerprint density at radius 3 is 1.11 bits per heavy atom. The van der Waals surface area contributed by atoms with Crippen LogP contribution in [-0.4, -0.2) is 39.0 Å². The lowest BCUT2D eigenvalue weighted by Gasteiger charge is -2.45. The Balaban J connectivity index is 3.24. The summed E-state index contributed by atoms with van der Waals surface area (Å²) in [5.41, 5.74) is 5.35. The van der Waals surface area contributed by atoms with Crippen LogP contribution in [0.2, 0.25) is 78.6 Å². The van der Waals surface area contributed by atoms with Crippen LogP contribution in [0, 0.1) is 0 Å². The topological polar surface area (TPSA) is 0 Å². The molecule has 0 aliphatic carbocycles. The lowest BCUT2D eigenvalue weighted by molar-refractivity contribution is 0.589. The van der Waals surface area contributed by atoms with Crippen LogP contribution in [-0.2, 0) is 5.41 Å². The van der Waals surface area contributed by atoms with E-state index in [1.807, 2.05) is 15.6 Å². The fourth-order valence-corrected chi connectivity index (χ4v) is 43.0. The summed E-state index contributed by atoms with van der Waals surface area (Å²) < 4.78 is 0. The smallest absolute Gasteiger partial charge is 0.108 e. The van der Waals surface area contributed by atoms with Crippen LogP contribution in [0.3, 0.4) is 0 Å². The van der Waals surface area contributed by atoms with Crippen LogP contribution in [0.25, 0.3) is 0 Å². The summed E-state index contributed by atoms with van der Waals surface area (Å²) in [6.07, 6.45) is 2.44. The van der Waals surface area contributed by atoms with E-state index in [1.54, 1.807) is 16.7 Å². The molecule has 0 N–H and O–H groups in total. The zero-order chi connectivity index (χ0) is 28.4. The molecule has 0 radical (unpaired) electrons. The lowest BCUT2D eigenvalue weighted by Crippen LogP contribution is -2.55. The third-order valence-corrected chi connectivity index (χ3v) is 35.0. The number of hydrogen-bond donors (Lipinski definition) is 0. The van der Waals surface area contributed by atoms with Crippen molar-refractivity contribution in [3.05, 3.63) is 39.2 Å². The molecular formula is C30H59BrSi5. The van der Waals surface area contributed by atoms with Gasteiger partial charge in [-0.25, -0.2) is 0 Å². The molecule has 0 nitrogen and oxygen atoms in total. The first kappa shape index (κ1) is 32.7. The van der Waals surface area contributed by atoms with Gasteiger partial charge < -0.3 is 0 Å². The van der Waals surface area contributed by atoms with Gasteiger partial charge in [-0.05, 0) is 50.5 Å². The molecule has 0 saturated carbocycles. The van der Waals surface area contributed by atoms with E-state index in [9.17, 15) is 0 Å². The largest absolute Gasteiger partial charge is 0.213 e. The van der Waals surface area contributed by atoms with E-state index in [-0.39, 0.29) is 5.41 Å². The molecule has 0 amide bonds. The molecule has 1 aromatic carbocycles. The van der Waals surface area contributed by atoms with E-state index in [1.165, 1.54) is 12.8 Å². The van der Waals surface area contributed by atoms with Gasteiger partial charge >= 0.3 is 0 Å². The minimum absolute atomic E-state index is 0.161. The van der Waals surface area contributed by atoms with E-state index in [0.29, 0.717) is 0 Å². The molecule has 1 aliphatic heterocycles. The summed E-state index contributed by atoms with van der Waals surface area (Å²) >= 11 is 4.66. The third kappa shape index (κ3) is 6.29. The maximum atomic E-state index is 4.66. The molecule has 1 aromatic rings. The lowest BCUT2D eigenvalue weighted by atomic mass is 9.85. The summed E-state index contributed by atoms with van der Waals surface area (Å²) in [5, 5.41) is 7.01. The monoisotopic (exact) mass is 638 g/mol. The standard InChI is InChI=1S/C30H59BrSi5/c1-18-25-26(19-2)36(25,31)27-23(28(32(6,7)8)33(9,10)11)20-22(30(3,4)5)21-24(27)29(34(12,13)14)35(15,16)17/h20-21,28-29H,18-19H2,1-17H3. The number of halogens is 1. The molecular weight excluding hydrogens is 581 g/mol. The molecule has 206 valence electrons. The minimum atomic E-state index is -1.92. The van der Waals surface area contributed by atoms with Crippen LogP contribution < -0.4 is 5.19 Å². The molecule has 6 heteroatoms. The second kappa shape index (κ2) is 10.2. The van der Waals surface area contributed by atoms with Gasteiger partial charge in [0.15, 0.2) is 0 Å². The average Bonchev–Trinajstić information content (AvgIpc) is 3.19. The fraction of sp³-hybridized carbons (Fsp3) is 0.733. The Kier molecular flexibility index (Phi) is 9.25. The molecule has 0 fully saturated rings. The third-order valence-electron chi connectivity index (χ3n) is 8.34. The van der Waals surface area contributed by atoms with E-state index >= 15 is 0 Å². The Bertz CT molecular complexity index is 909. The van der Waals surface area contributed by atoms with Crippen LogP contribution in [0.4, 0.5) is 0 Å². The van der Waals surface area contributed by atoms with Crippen molar-refractivity contribution >= 4 is 59.5 Å². The number of allylic oxidation sites excluding steroid dienone is 2. The van der Waals surface area contributed by atoms with Crippen LogP contribution in [0.5, 0.6) is 0 Å².